The lowest BCUT2D eigenvalue weighted by molar-refractivity contribution is -0.135. The molecule has 0 unspecified atom stereocenters. The summed E-state index contributed by atoms with van der Waals surface area (Å²) in [6, 6.07) is 9.34. The molecule has 0 radical (unpaired) electrons. The third-order valence-electron chi connectivity index (χ3n) is 4.05. The van der Waals surface area contributed by atoms with Crippen LogP contribution in [-0.2, 0) is 9.59 Å². The van der Waals surface area contributed by atoms with Crippen molar-refractivity contribution in [3.05, 3.63) is 30.3 Å². The monoisotopic (exact) mass is 333 g/mol. The van der Waals surface area contributed by atoms with E-state index in [2.05, 4.69) is 17.1 Å². The van der Waals surface area contributed by atoms with Crippen molar-refractivity contribution in [3.8, 4) is 5.75 Å². The van der Waals surface area contributed by atoms with E-state index in [4.69, 9.17) is 4.74 Å². The second-order valence-electron chi connectivity index (χ2n) is 5.96. The summed E-state index contributed by atoms with van der Waals surface area (Å²) < 4.78 is 5.50. The predicted molar refractivity (Wildman–Crippen MR) is 92.9 cm³/mol. The number of ether oxygens (including phenoxy) is 1. The van der Waals surface area contributed by atoms with Gasteiger partial charge in [-0.15, -0.1) is 0 Å². The molecule has 6 nitrogen and oxygen atoms in total. The largest absolute Gasteiger partial charge is 0.484 e. The summed E-state index contributed by atoms with van der Waals surface area (Å²) in [6.45, 7) is 6.03. The smallest absolute Gasteiger partial charge is 0.260 e. The maximum absolute atomic E-state index is 12.2. The van der Waals surface area contributed by atoms with E-state index < -0.39 is 0 Å². The number of nitrogens with zero attached hydrogens (tertiary/aromatic N) is 2. The first-order chi connectivity index (χ1) is 11.7. The lowest BCUT2D eigenvalue weighted by Crippen LogP contribution is -2.52. The highest BCUT2D eigenvalue weighted by Gasteiger charge is 2.22. The Hall–Kier alpha value is -2.08. The van der Waals surface area contributed by atoms with Crippen molar-refractivity contribution < 1.29 is 14.3 Å². The number of nitrogens with one attached hydrogen (secondary N) is 1. The van der Waals surface area contributed by atoms with Gasteiger partial charge in [0.15, 0.2) is 6.61 Å². The topological polar surface area (TPSA) is 61.9 Å². The normalized spacial score (nSPS) is 15.1. The van der Waals surface area contributed by atoms with Gasteiger partial charge in [-0.3, -0.25) is 14.5 Å². The van der Waals surface area contributed by atoms with Crippen LogP contribution in [0.2, 0.25) is 0 Å². The summed E-state index contributed by atoms with van der Waals surface area (Å²) in [7, 11) is 0. The number of carbonyl (C=O) groups excluding carboxylic acids is 2. The second-order valence-corrected chi connectivity index (χ2v) is 5.96. The first-order valence-electron chi connectivity index (χ1n) is 8.63. The minimum absolute atomic E-state index is 0.00843. The van der Waals surface area contributed by atoms with Gasteiger partial charge in [-0.05, 0) is 18.6 Å². The highest BCUT2D eigenvalue weighted by Crippen LogP contribution is 2.09. The number of hydrogen-bond acceptors (Lipinski definition) is 4. The molecule has 1 aromatic rings. The van der Waals surface area contributed by atoms with Crippen LogP contribution in [0.3, 0.4) is 0 Å². The standard InChI is InChI=1S/C18H27N3O3/c1-2-3-9-19-17(22)14-20-10-12-21(13-11-20)18(23)15-24-16-7-5-4-6-8-16/h4-8H,2-3,9-15H2,1H3,(H,19,22). The van der Waals surface area contributed by atoms with Crippen molar-refractivity contribution in [2.75, 3.05) is 45.9 Å². The van der Waals surface area contributed by atoms with Crippen LogP contribution in [0.5, 0.6) is 5.75 Å². The zero-order valence-electron chi connectivity index (χ0n) is 14.4. The lowest BCUT2D eigenvalue weighted by atomic mass is 10.3. The Morgan fingerprint density at radius 1 is 1.12 bits per heavy atom. The molecular formula is C18H27N3O3. The lowest BCUT2D eigenvalue weighted by Gasteiger charge is -2.34. The molecule has 1 heterocycles. The summed E-state index contributed by atoms with van der Waals surface area (Å²) in [6.07, 6.45) is 2.08. The molecule has 1 aromatic carbocycles. The van der Waals surface area contributed by atoms with E-state index in [-0.39, 0.29) is 18.4 Å². The Morgan fingerprint density at radius 3 is 2.50 bits per heavy atom. The summed E-state index contributed by atoms with van der Waals surface area (Å²) in [5.41, 5.74) is 0. The van der Waals surface area contributed by atoms with Crippen LogP contribution in [0.1, 0.15) is 19.8 Å². The fraction of sp³-hybridized carbons (Fsp3) is 0.556. The molecule has 1 aliphatic rings. The fourth-order valence-electron chi connectivity index (χ4n) is 2.57. The molecule has 1 N–H and O–H groups in total. The van der Waals surface area contributed by atoms with Crippen LogP contribution < -0.4 is 10.1 Å². The molecule has 1 aliphatic heterocycles. The molecular weight excluding hydrogens is 306 g/mol. The number of carbonyl (C=O) groups is 2. The van der Waals surface area contributed by atoms with E-state index in [0.29, 0.717) is 25.4 Å². The summed E-state index contributed by atoms with van der Waals surface area (Å²) in [5, 5.41) is 2.92. The number of para-hydroxylation sites is 1. The molecule has 2 rings (SSSR count). The number of benzene rings is 1. The Balaban J connectivity index is 1.64. The molecule has 1 fully saturated rings. The minimum Gasteiger partial charge on any atom is -0.484 e. The van der Waals surface area contributed by atoms with Gasteiger partial charge in [-0.1, -0.05) is 31.5 Å². The minimum atomic E-state index is -0.00843. The number of amides is 2. The molecule has 0 aliphatic carbocycles. The van der Waals surface area contributed by atoms with E-state index >= 15 is 0 Å². The van der Waals surface area contributed by atoms with Gasteiger partial charge in [0.2, 0.25) is 5.91 Å². The molecule has 6 heteroatoms. The number of hydrogen-bond donors (Lipinski definition) is 1. The third-order valence-corrected chi connectivity index (χ3v) is 4.05. The van der Waals surface area contributed by atoms with Crippen LogP contribution in [0, 0.1) is 0 Å². The highest BCUT2D eigenvalue weighted by molar-refractivity contribution is 5.79. The van der Waals surface area contributed by atoms with Crippen molar-refractivity contribution >= 4 is 11.8 Å². The molecule has 0 aromatic heterocycles. The van der Waals surface area contributed by atoms with Gasteiger partial charge in [-0.25, -0.2) is 0 Å². The maximum atomic E-state index is 12.2. The van der Waals surface area contributed by atoms with Gasteiger partial charge in [0.1, 0.15) is 5.75 Å². The SMILES string of the molecule is CCCCNC(=O)CN1CCN(C(=O)COc2ccccc2)CC1. The van der Waals surface area contributed by atoms with Gasteiger partial charge in [0, 0.05) is 32.7 Å². The number of piperazine rings is 1. The summed E-state index contributed by atoms with van der Waals surface area (Å²) in [5.74, 6) is 0.759. The molecule has 0 saturated carbocycles. The van der Waals surface area contributed by atoms with Crippen LogP contribution in [-0.4, -0.2) is 67.5 Å². The maximum Gasteiger partial charge on any atom is 0.260 e. The van der Waals surface area contributed by atoms with Crippen molar-refractivity contribution in [1.82, 2.24) is 15.1 Å². The van der Waals surface area contributed by atoms with Gasteiger partial charge in [0.05, 0.1) is 6.54 Å². The van der Waals surface area contributed by atoms with E-state index in [1.165, 1.54) is 0 Å². The number of rotatable bonds is 8. The zero-order chi connectivity index (χ0) is 17.2. The van der Waals surface area contributed by atoms with Gasteiger partial charge in [0.25, 0.3) is 5.91 Å². The molecule has 0 bridgehead atoms. The first kappa shape index (κ1) is 18.3. The summed E-state index contributed by atoms with van der Waals surface area (Å²) in [4.78, 5) is 27.9. The van der Waals surface area contributed by atoms with Gasteiger partial charge < -0.3 is 15.0 Å². The van der Waals surface area contributed by atoms with Crippen molar-refractivity contribution in [2.45, 2.75) is 19.8 Å². The van der Waals surface area contributed by atoms with E-state index in [1.807, 2.05) is 30.3 Å². The predicted octanol–water partition coefficient (Wildman–Crippen LogP) is 1.13. The Morgan fingerprint density at radius 2 is 1.83 bits per heavy atom. The first-order valence-corrected chi connectivity index (χ1v) is 8.63. The van der Waals surface area contributed by atoms with Crippen molar-refractivity contribution in [1.29, 1.82) is 0 Å². The Kier molecular flexibility index (Phi) is 7.55. The quantitative estimate of drug-likeness (QED) is 0.725. The van der Waals surface area contributed by atoms with E-state index in [1.54, 1.807) is 4.90 Å². The Labute approximate surface area is 143 Å². The fourth-order valence-corrected chi connectivity index (χ4v) is 2.57. The Bertz CT molecular complexity index is 514. The summed E-state index contributed by atoms with van der Waals surface area (Å²) >= 11 is 0. The average molecular weight is 333 g/mol. The van der Waals surface area contributed by atoms with Crippen LogP contribution in [0.25, 0.3) is 0 Å². The van der Waals surface area contributed by atoms with Gasteiger partial charge >= 0.3 is 0 Å². The molecule has 132 valence electrons. The van der Waals surface area contributed by atoms with Crippen LogP contribution in [0.15, 0.2) is 30.3 Å². The second kappa shape index (κ2) is 9.93. The van der Waals surface area contributed by atoms with Crippen molar-refractivity contribution in [3.63, 3.8) is 0 Å². The van der Waals surface area contributed by atoms with Crippen molar-refractivity contribution in [2.24, 2.45) is 0 Å². The third kappa shape index (κ3) is 6.20. The zero-order valence-corrected chi connectivity index (χ0v) is 14.4. The highest BCUT2D eigenvalue weighted by atomic mass is 16.5. The molecule has 0 atom stereocenters. The molecule has 0 spiro atoms. The van der Waals surface area contributed by atoms with Crippen LogP contribution >= 0.6 is 0 Å². The molecule has 2 amide bonds. The molecule has 1 saturated heterocycles. The van der Waals surface area contributed by atoms with Crippen LogP contribution in [0.4, 0.5) is 0 Å². The number of unbranched alkanes of at least 4 members (excludes halogenated alkanes) is 1. The van der Waals surface area contributed by atoms with E-state index in [0.717, 1.165) is 32.5 Å². The van der Waals surface area contributed by atoms with E-state index in [9.17, 15) is 9.59 Å². The average Bonchev–Trinajstić information content (AvgIpc) is 2.61. The molecule has 24 heavy (non-hydrogen) atoms. The van der Waals surface area contributed by atoms with Gasteiger partial charge in [-0.2, -0.15) is 0 Å².